The van der Waals surface area contributed by atoms with E-state index >= 15 is 0 Å². The molecule has 196 valence electrons. The summed E-state index contributed by atoms with van der Waals surface area (Å²) >= 11 is 6.69. The van der Waals surface area contributed by atoms with E-state index in [0.29, 0.717) is 64.2 Å². The summed E-state index contributed by atoms with van der Waals surface area (Å²) in [6, 6.07) is 7.94. The zero-order chi connectivity index (χ0) is 25.6. The molecule has 0 spiro atoms. The van der Waals surface area contributed by atoms with Gasteiger partial charge < -0.3 is 18.9 Å². The van der Waals surface area contributed by atoms with Crippen LogP contribution in [0, 0.1) is 5.82 Å². The molecule has 0 N–H and O–H groups in total. The Morgan fingerprint density at radius 2 is 1.86 bits per heavy atom. The van der Waals surface area contributed by atoms with Gasteiger partial charge in [0.05, 0.1) is 44.9 Å². The number of ether oxygens (including phenoxy) is 4. The molecule has 2 aromatic carbocycles. The van der Waals surface area contributed by atoms with E-state index in [4.69, 9.17) is 30.5 Å². The zero-order valence-corrected chi connectivity index (χ0v) is 21.8. The van der Waals surface area contributed by atoms with Crippen molar-refractivity contribution in [3.63, 3.8) is 0 Å². The second-order valence-corrected chi connectivity index (χ2v) is 12.5. The minimum atomic E-state index is -2.24. The highest BCUT2D eigenvalue weighted by Gasteiger charge is 2.49. The maximum absolute atomic E-state index is 14.3. The molecule has 4 heterocycles. The Morgan fingerprint density at radius 1 is 1.11 bits per heavy atom. The molecule has 4 atom stereocenters. The fourth-order valence-electron chi connectivity index (χ4n) is 5.28. The van der Waals surface area contributed by atoms with Crippen LogP contribution in [0.3, 0.4) is 0 Å². The molecule has 3 aliphatic rings. The molecule has 3 saturated heterocycles. The summed E-state index contributed by atoms with van der Waals surface area (Å²) in [5, 5.41) is 1.10. The third-order valence-electron chi connectivity index (χ3n) is 7.13. The molecule has 8 nitrogen and oxygen atoms in total. The molecule has 0 amide bonds. The molecule has 3 fully saturated rings. The number of rotatable bonds is 6. The van der Waals surface area contributed by atoms with Gasteiger partial charge in [0.1, 0.15) is 36.2 Å². The quantitative estimate of drug-likeness (QED) is 0.449. The summed E-state index contributed by atoms with van der Waals surface area (Å²) < 4.78 is 55.1. The van der Waals surface area contributed by atoms with Gasteiger partial charge >= 0.3 is 0 Å². The lowest BCUT2D eigenvalue weighted by Crippen LogP contribution is -2.35. The van der Waals surface area contributed by atoms with Gasteiger partial charge in [-0.25, -0.2) is 18.6 Å². The molecule has 0 aliphatic carbocycles. The molecular weight excluding hydrogens is 521 g/mol. The Kier molecular flexibility index (Phi) is 6.79. The fourth-order valence-corrected chi connectivity index (χ4v) is 7.78. The maximum atomic E-state index is 14.3. The number of nitrogens with zero attached hydrogens (tertiary/aromatic N) is 3. The summed E-state index contributed by atoms with van der Waals surface area (Å²) in [7, 11) is -0.615. The molecule has 0 saturated carbocycles. The van der Waals surface area contributed by atoms with Crippen LogP contribution in [0.25, 0.3) is 10.9 Å². The molecule has 37 heavy (non-hydrogen) atoms. The number of fused-ring (bicyclic) bond motifs is 2. The van der Waals surface area contributed by atoms with Crippen LogP contribution in [-0.2, 0) is 30.4 Å². The minimum absolute atomic E-state index is 0.150. The molecule has 3 aromatic rings. The average molecular weight is 548 g/mol. The van der Waals surface area contributed by atoms with Crippen LogP contribution < -0.4 is 4.74 Å². The minimum Gasteiger partial charge on any atom is -0.485 e. The normalized spacial score (nSPS) is 26.5. The SMILES string of the molecule is CO[C@@H]1CO[C@H]2[C@@H]1OC[C@H]2Oc1cc(F)ccc1Cc1ncnc2cc(N=S3(=O)CCCC3)cc(Cl)c12. The fraction of sp³-hybridized carbons (Fsp3) is 0.462. The van der Waals surface area contributed by atoms with Gasteiger partial charge in [-0.1, -0.05) is 17.7 Å². The lowest BCUT2D eigenvalue weighted by Gasteiger charge is -2.20. The molecule has 0 bridgehead atoms. The van der Waals surface area contributed by atoms with Crippen molar-refractivity contribution in [1.29, 1.82) is 0 Å². The monoisotopic (exact) mass is 547 g/mol. The van der Waals surface area contributed by atoms with Crippen LogP contribution in [0.5, 0.6) is 5.75 Å². The van der Waals surface area contributed by atoms with Crippen molar-refractivity contribution in [2.45, 2.75) is 43.7 Å². The van der Waals surface area contributed by atoms with Gasteiger partial charge in [-0.05, 0) is 31.0 Å². The van der Waals surface area contributed by atoms with E-state index in [2.05, 4.69) is 14.3 Å². The van der Waals surface area contributed by atoms with Gasteiger partial charge in [0.15, 0.2) is 6.10 Å². The van der Waals surface area contributed by atoms with Crippen molar-refractivity contribution in [1.82, 2.24) is 9.97 Å². The number of methoxy groups -OCH3 is 1. The second kappa shape index (κ2) is 10.1. The van der Waals surface area contributed by atoms with Crippen molar-refractivity contribution < 1.29 is 27.5 Å². The maximum Gasteiger partial charge on any atom is 0.151 e. The number of hydrogen-bond donors (Lipinski definition) is 0. The first-order chi connectivity index (χ1) is 17.9. The predicted molar refractivity (Wildman–Crippen MR) is 138 cm³/mol. The van der Waals surface area contributed by atoms with Crippen molar-refractivity contribution in [3.8, 4) is 5.75 Å². The van der Waals surface area contributed by atoms with Crippen LogP contribution in [0.1, 0.15) is 24.1 Å². The number of halogens is 2. The summed E-state index contributed by atoms with van der Waals surface area (Å²) in [4.78, 5) is 8.87. The van der Waals surface area contributed by atoms with Gasteiger partial charge in [0, 0.05) is 42.1 Å². The van der Waals surface area contributed by atoms with E-state index in [1.165, 1.54) is 18.5 Å². The highest BCUT2D eigenvalue weighted by Crippen LogP contribution is 2.35. The summed E-state index contributed by atoms with van der Waals surface area (Å²) in [5.74, 6) is 1.20. The van der Waals surface area contributed by atoms with Crippen molar-refractivity contribution in [3.05, 3.63) is 58.8 Å². The van der Waals surface area contributed by atoms with Crippen molar-refractivity contribution >= 4 is 37.9 Å². The number of aromatic nitrogens is 2. The highest BCUT2D eigenvalue weighted by molar-refractivity contribution is 7.93. The van der Waals surface area contributed by atoms with Crippen LogP contribution in [0.15, 0.2) is 41.0 Å². The second-order valence-electron chi connectivity index (χ2n) is 9.58. The Morgan fingerprint density at radius 3 is 2.65 bits per heavy atom. The van der Waals surface area contributed by atoms with Crippen molar-refractivity contribution in [2.75, 3.05) is 31.8 Å². The van der Waals surface area contributed by atoms with E-state index in [0.717, 1.165) is 18.4 Å². The molecule has 6 rings (SSSR count). The van der Waals surface area contributed by atoms with Crippen LogP contribution in [0.2, 0.25) is 5.02 Å². The number of benzene rings is 2. The van der Waals surface area contributed by atoms with Gasteiger partial charge in [-0.2, -0.15) is 4.36 Å². The van der Waals surface area contributed by atoms with Gasteiger partial charge in [-0.3, -0.25) is 0 Å². The van der Waals surface area contributed by atoms with E-state index < -0.39 is 21.7 Å². The summed E-state index contributed by atoms with van der Waals surface area (Å²) in [6.45, 7) is 0.749. The summed E-state index contributed by atoms with van der Waals surface area (Å²) in [6.07, 6.45) is 2.60. The first-order valence-electron chi connectivity index (χ1n) is 12.3. The smallest absolute Gasteiger partial charge is 0.151 e. The molecule has 0 radical (unpaired) electrons. The van der Waals surface area contributed by atoms with Crippen LogP contribution in [0.4, 0.5) is 10.1 Å². The molecule has 3 aliphatic heterocycles. The van der Waals surface area contributed by atoms with E-state index in [-0.39, 0.29) is 18.3 Å². The molecular formula is C26H27ClFN3O5S. The topological polar surface area (TPSA) is 92.1 Å². The summed E-state index contributed by atoms with van der Waals surface area (Å²) in [5.41, 5.74) is 2.57. The van der Waals surface area contributed by atoms with Crippen molar-refractivity contribution in [2.24, 2.45) is 4.36 Å². The first-order valence-corrected chi connectivity index (χ1v) is 14.5. The average Bonchev–Trinajstić information content (AvgIpc) is 3.58. The largest absolute Gasteiger partial charge is 0.485 e. The predicted octanol–water partition coefficient (Wildman–Crippen LogP) is 4.47. The molecule has 1 aromatic heterocycles. The Labute approximate surface area is 219 Å². The third-order valence-corrected chi connectivity index (χ3v) is 9.83. The molecule has 11 heteroatoms. The Bertz CT molecular complexity index is 1450. The lowest BCUT2D eigenvalue weighted by molar-refractivity contribution is -0.0139. The van der Waals surface area contributed by atoms with Gasteiger partial charge in [0.2, 0.25) is 0 Å². The standard InChI is InChI=1S/C26H27ClFN3O5S/c1-33-22-12-34-26-23(13-35-25(22)26)36-21-9-16(28)5-4-15(21)8-19-24-18(27)10-17(11-20(24)30-14-29-19)31-37(32)6-2-3-7-37/h4-5,9-11,14,22-23,25-26H,2-3,6-8,12-13H2,1H3/t22-,23-,25-,26-/m1/s1. The number of hydrogen-bond acceptors (Lipinski definition) is 8. The van der Waals surface area contributed by atoms with E-state index in [1.807, 2.05) is 0 Å². The lowest BCUT2D eigenvalue weighted by atomic mass is 10.0. The Balaban J connectivity index is 1.30. The van der Waals surface area contributed by atoms with Gasteiger partial charge in [-0.15, -0.1) is 0 Å². The van der Waals surface area contributed by atoms with Crippen LogP contribution in [-0.4, -0.2) is 70.4 Å². The van der Waals surface area contributed by atoms with E-state index in [1.54, 1.807) is 25.3 Å². The van der Waals surface area contributed by atoms with Gasteiger partial charge in [0.25, 0.3) is 0 Å². The highest BCUT2D eigenvalue weighted by atomic mass is 35.5. The third kappa shape index (κ3) is 4.93. The first kappa shape index (κ1) is 24.9. The Hall–Kier alpha value is -2.37. The van der Waals surface area contributed by atoms with E-state index in [9.17, 15) is 8.60 Å². The van der Waals surface area contributed by atoms with Crippen LogP contribution >= 0.6 is 11.6 Å². The molecule has 0 unspecified atom stereocenters. The zero-order valence-electron chi connectivity index (χ0n) is 20.3.